The summed E-state index contributed by atoms with van der Waals surface area (Å²) in [5.74, 6) is 1.13. The van der Waals surface area contributed by atoms with Crippen molar-refractivity contribution in [3.8, 4) is 23.0 Å². The minimum Gasteiger partial charge on any atom is -0.507 e. The number of hydrogen-bond acceptors (Lipinski definition) is 5. The van der Waals surface area contributed by atoms with Crippen molar-refractivity contribution >= 4 is 5.78 Å². The van der Waals surface area contributed by atoms with Gasteiger partial charge in [-0.25, -0.2) is 0 Å². The van der Waals surface area contributed by atoms with Gasteiger partial charge in [-0.3, -0.25) is 4.79 Å². The van der Waals surface area contributed by atoms with Crippen LogP contribution in [-0.4, -0.2) is 10.9 Å². The Morgan fingerprint density at radius 2 is 1.02 bits per heavy atom. The molecule has 5 rings (SSSR count). The van der Waals surface area contributed by atoms with E-state index in [9.17, 15) is 9.90 Å². The monoisotopic (exact) mass is 544 g/mol. The molecular weight excluding hydrogens is 512 g/mol. The zero-order chi connectivity index (χ0) is 28.3. The lowest BCUT2D eigenvalue weighted by molar-refractivity contribution is 0.0975. The Bertz CT molecular complexity index is 1530. The summed E-state index contributed by atoms with van der Waals surface area (Å²) in [5.41, 5.74) is 4.21. The molecule has 0 aromatic heterocycles. The lowest BCUT2D eigenvalue weighted by atomic mass is 10.0. The molecule has 41 heavy (non-hydrogen) atoms. The van der Waals surface area contributed by atoms with E-state index in [1.807, 2.05) is 115 Å². The predicted molar refractivity (Wildman–Crippen MR) is 160 cm³/mol. The Morgan fingerprint density at radius 1 is 0.537 bits per heavy atom. The molecule has 0 fully saturated rings. The summed E-state index contributed by atoms with van der Waals surface area (Å²) < 4.78 is 17.9. The van der Waals surface area contributed by atoms with Crippen LogP contribution in [0.4, 0.5) is 0 Å². The van der Waals surface area contributed by atoms with Crippen molar-refractivity contribution in [3.63, 3.8) is 0 Å². The Morgan fingerprint density at radius 3 is 1.56 bits per heavy atom. The second-order valence-electron chi connectivity index (χ2n) is 9.71. The number of carbonyl (C=O) groups is 1. The van der Waals surface area contributed by atoms with Crippen molar-refractivity contribution in [1.82, 2.24) is 0 Å². The fourth-order valence-corrected chi connectivity index (χ4v) is 4.41. The minimum atomic E-state index is -0.204. The van der Waals surface area contributed by atoms with E-state index < -0.39 is 0 Å². The molecule has 0 spiro atoms. The van der Waals surface area contributed by atoms with E-state index in [2.05, 4.69) is 0 Å². The number of hydrogen-bond donors (Lipinski definition) is 1. The summed E-state index contributed by atoms with van der Waals surface area (Å²) in [7, 11) is 0. The number of rotatable bonds is 13. The summed E-state index contributed by atoms with van der Waals surface area (Å²) in [4.78, 5) is 13.4. The van der Waals surface area contributed by atoms with E-state index in [1.165, 1.54) is 6.07 Å². The zero-order valence-electron chi connectivity index (χ0n) is 22.7. The van der Waals surface area contributed by atoms with Crippen molar-refractivity contribution in [2.45, 2.75) is 32.7 Å². The molecule has 0 saturated carbocycles. The van der Waals surface area contributed by atoms with Crippen LogP contribution in [-0.2, 0) is 26.2 Å². The number of carbonyl (C=O) groups excluding carboxylic acids is 1. The Hall–Kier alpha value is -5.03. The molecule has 0 saturated heterocycles. The van der Waals surface area contributed by atoms with Gasteiger partial charge in [0.05, 0.1) is 0 Å². The third-order valence-corrected chi connectivity index (χ3v) is 6.63. The molecule has 0 aliphatic rings. The SMILES string of the molecule is O=C(CCc1ccc(OCc2ccccc2)cc1)c1c(O)cc(OCc2ccccc2)cc1OCc1ccccc1. The fourth-order valence-electron chi connectivity index (χ4n) is 4.41. The van der Waals surface area contributed by atoms with Gasteiger partial charge in [-0.1, -0.05) is 103 Å². The van der Waals surface area contributed by atoms with Gasteiger partial charge < -0.3 is 19.3 Å². The van der Waals surface area contributed by atoms with E-state index in [-0.39, 0.29) is 30.1 Å². The van der Waals surface area contributed by atoms with Crippen molar-refractivity contribution in [2.24, 2.45) is 0 Å². The van der Waals surface area contributed by atoms with Gasteiger partial charge >= 0.3 is 0 Å². The number of ketones is 1. The van der Waals surface area contributed by atoms with E-state index >= 15 is 0 Å². The number of Topliss-reactive ketones (excluding diaryl/α,β-unsaturated/α-hetero) is 1. The van der Waals surface area contributed by atoms with Gasteiger partial charge in [0, 0.05) is 18.6 Å². The first kappa shape index (κ1) is 27.5. The standard InChI is InChI=1S/C36H32O5/c37-33(21-18-27-16-19-31(20-17-27)39-24-28-10-4-1-5-11-28)36-34(38)22-32(40-25-29-12-6-2-7-13-29)23-35(36)41-26-30-14-8-3-9-15-30/h1-17,19-20,22-23,38H,18,21,24-26H2. The number of phenols is 1. The van der Waals surface area contributed by atoms with Gasteiger partial charge in [-0.2, -0.15) is 0 Å². The molecule has 0 amide bonds. The molecule has 5 aromatic carbocycles. The molecule has 5 heteroatoms. The predicted octanol–water partition coefficient (Wildman–Crippen LogP) is 7.94. The second kappa shape index (κ2) is 13.9. The molecule has 0 heterocycles. The molecule has 0 aliphatic heterocycles. The highest BCUT2D eigenvalue weighted by atomic mass is 16.5. The third kappa shape index (κ3) is 7.99. The van der Waals surface area contributed by atoms with Crippen LogP contribution in [0.5, 0.6) is 23.0 Å². The van der Waals surface area contributed by atoms with Crippen LogP contribution in [0.1, 0.15) is 39.0 Å². The third-order valence-electron chi connectivity index (χ3n) is 6.63. The summed E-state index contributed by atoms with van der Waals surface area (Å²) in [6.45, 7) is 1.08. The first-order valence-corrected chi connectivity index (χ1v) is 13.6. The normalized spacial score (nSPS) is 10.6. The molecule has 206 valence electrons. The van der Waals surface area contributed by atoms with Crippen molar-refractivity contribution < 1.29 is 24.1 Å². The van der Waals surface area contributed by atoms with Gasteiger partial charge in [0.15, 0.2) is 5.78 Å². The van der Waals surface area contributed by atoms with Crippen LogP contribution < -0.4 is 14.2 Å². The summed E-state index contributed by atoms with van der Waals surface area (Å²) in [6.07, 6.45) is 0.727. The molecular formula is C36H32O5. The topological polar surface area (TPSA) is 65.0 Å². The Kier molecular flexibility index (Phi) is 9.30. The second-order valence-corrected chi connectivity index (χ2v) is 9.71. The molecule has 0 radical (unpaired) electrons. The highest BCUT2D eigenvalue weighted by molar-refractivity contribution is 6.01. The summed E-state index contributed by atoms with van der Waals surface area (Å²) >= 11 is 0. The zero-order valence-corrected chi connectivity index (χ0v) is 22.7. The summed E-state index contributed by atoms with van der Waals surface area (Å²) in [6, 6.07) is 40.3. The molecule has 5 nitrogen and oxygen atoms in total. The highest BCUT2D eigenvalue weighted by Gasteiger charge is 2.20. The van der Waals surface area contributed by atoms with Gasteiger partial charge in [0.25, 0.3) is 0 Å². The maximum atomic E-state index is 13.4. The Labute approximate surface area is 240 Å². The van der Waals surface area contributed by atoms with Gasteiger partial charge in [0.1, 0.15) is 48.4 Å². The molecule has 0 bridgehead atoms. The van der Waals surface area contributed by atoms with Crippen LogP contribution in [0, 0.1) is 0 Å². The molecule has 1 N–H and O–H groups in total. The van der Waals surface area contributed by atoms with Crippen LogP contribution in [0.15, 0.2) is 127 Å². The van der Waals surface area contributed by atoms with Crippen LogP contribution >= 0.6 is 0 Å². The van der Waals surface area contributed by atoms with Crippen molar-refractivity contribution in [2.75, 3.05) is 0 Å². The number of ether oxygens (including phenoxy) is 3. The van der Waals surface area contributed by atoms with Crippen LogP contribution in [0.25, 0.3) is 0 Å². The first-order valence-electron chi connectivity index (χ1n) is 13.6. The lowest BCUT2D eigenvalue weighted by Crippen LogP contribution is -2.07. The maximum absolute atomic E-state index is 13.4. The van der Waals surface area contributed by atoms with Crippen LogP contribution in [0.2, 0.25) is 0 Å². The van der Waals surface area contributed by atoms with Crippen molar-refractivity contribution in [3.05, 3.63) is 155 Å². The van der Waals surface area contributed by atoms with Gasteiger partial charge in [0.2, 0.25) is 0 Å². The molecule has 5 aromatic rings. The lowest BCUT2D eigenvalue weighted by Gasteiger charge is -2.15. The minimum absolute atomic E-state index is 0.159. The van der Waals surface area contributed by atoms with E-state index in [4.69, 9.17) is 14.2 Å². The summed E-state index contributed by atoms with van der Waals surface area (Å²) in [5, 5.41) is 10.9. The van der Waals surface area contributed by atoms with Crippen LogP contribution in [0.3, 0.4) is 0 Å². The molecule has 0 aliphatic carbocycles. The molecule has 0 unspecified atom stereocenters. The Balaban J connectivity index is 1.26. The average Bonchev–Trinajstić information content (AvgIpc) is 3.02. The van der Waals surface area contributed by atoms with Gasteiger partial charge in [-0.05, 0) is 40.8 Å². The highest BCUT2D eigenvalue weighted by Crippen LogP contribution is 2.35. The average molecular weight is 545 g/mol. The van der Waals surface area contributed by atoms with Crippen molar-refractivity contribution in [1.29, 1.82) is 0 Å². The number of phenolic OH excluding ortho intramolecular Hbond substituents is 1. The van der Waals surface area contributed by atoms with E-state index in [0.29, 0.717) is 31.1 Å². The quantitative estimate of drug-likeness (QED) is 0.152. The van der Waals surface area contributed by atoms with E-state index in [0.717, 1.165) is 28.0 Å². The maximum Gasteiger partial charge on any atom is 0.170 e. The smallest absolute Gasteiger partial charge is 0.170 e. The number of aryl methyl sites for hydroxylation is 1. The first-order chi connectivity index (χ1) is 20.1. The number of benzene rings is 5. The molecule has 0 atom stereocenters. The number of aromatic hydroxyl groups is 1. The van der Waals surface area contributed by atoms with Gasteiger partial charge in [-0.15, -0.1) is 0 Å². The largest absolute Gasteiger partial charge is 0.507 e. The fraction of sp³-hybridized carbons (Fsp3) is 0.139. The van der Waals surface area contributed by atoms with E-state index in [1.54, 1.807) is 6.07 Å².